The molecule has 0 saturated carbocycles. The van der Waals surface area contributed by atoms with Crippen molar-refractivity contribution in [2.75, 3.05) is 11.4 Å². The van der Waals surface area contributed by atoms with Crippen molar-refractivity contribution in [3.63, 3.8) is 0 Å². The van der Waals surface area contributed by atoms with Crippen molar-refractivity contribution in [3.8, 4) is 11.5 Å². The Balaban J connectivity index is 2.03. The Labute approximate surface area is 121 Å². The average molecular weight is 285 g/mol. The molecule has 0 radical (unpaired) electrons. The van der Waals surface area contributed by atoms with Crippen LogP contribution in [0, 0.1) is 0 Å². The van der Waals surface area contributed by atoms with E-state index in [-0.39, 0.29) is 17.1 Å². The van der Waals surface area contributed by atoms with Gasteiger partial charge in [-0.25, -0.2) is 0 Å². The number of rotatable bonds is 1. The van der Waals surface area contributed by atoms with E-state index in [1.807, 2.05) is 6.07 Å². The van der Waals surface area contributed by atoms with Crippen molar-refractivity contribution in [2.24, 2.45) is 0 Å². The molecule has 2 aromatic rings. The summed E-state index contributed by atoms with van der Waals surface area (Å²) in [5, 5.41) is 29.3. The van der Waals surface area contributed by atoms with Gasteiger partial charge in [0.15, 0.2) is 0 Å². The molecule has 1 aliphatic rings. The van der Waals surface area contributed by atoms with Crippen molar-refractivity contribution in [3.05, 3.63) is 53.6 Å². The van der Waals surface area contributed by atoms with Crippen molar-refractivity contribution < 1.29 is 20.1 Å². The molecule has 1 heterocycles. The van der Waals surface area contributed by atoms with Gasteiger partial charge in [-0.3, -0.25) is 4.79 Å². The summed E-state index contributed by atoms with van der Waals surface area (Å²) in [7, 11) is 0. The number of phenolic OH excluding ortho intramolecular Hbond substituents is 2. The maximum atomic E-state index is 12.6. The fourth-order valence-electron chi connectivity index (χ4n) is 2.59. The molecule has 0 aromatic heterocycles. The molecule has 108 valence electrons. The highest BCUT2D eigenvalue weighted by atomic mass is 16.3. The number of benzene rings is 2. The van der Waals surface area contributed by atoms with Crippen molar-refractivity contribution >= 4 is 11.6 Å². The highest BCUT2D eigenvalue weighted by Crippen LogP contribution is 2.35. The summed E-state index contributed by atoms with van der Waals surface area (Å²) in [6.45, 7) is 0.353. The van der Waals surface area contributed by atoms with Crippen LogP contribution in [-0.2, 0) is 0 Å². The van der Waals surface area contributed by atoms with Crippen LogP contribution in [0.4, 0.5) is 5.69 Å². The van der Waals surface area contributed by atoms with Gasteiger partial charge in [-0.05, 0) is 30.7 Å². The van der Waals surface area contributed by atoms with Gasteiger partial charge < -0.3 is 20.2 Å². The number of aromatic hydroxyl groups is 2. The lowest BCUT2D eigenvalue weighted by atomic mass is 9.98. The van der Waals surface area contributed by atoms with Gasteiger partial charge in [0, 0.05) is 17.8 Å². The van der Waals surface area contributed by atoms with Gasteiger partial charge in [0.2, 0.25) is 0 Å². The minimum atomic E-state index is -0.594. The number of para-hydroxylation sites is 1. The molecule has 1 unspecified atom stereocenters. The van der Waals surface area contributed by atoms with E-state index in [0.29, 0.717) is 24.2 Å². The van der Waals surface area contributed by atoms with Crippen LogP contribution in [0.25, 0.3) is 0 Å². The number of hydrogen-bond donors (Lipinski definition) is 3. The van der Waals surface area contributed by atoms with Crippen LogP contribution in [0.1, 0.15) is 28.4 Å². The molecule has 1 amide bonds. The van der Waals surface area contributed by atoms with Crippen LogP contribution < -0.4 is 4.90 Å². The lowest BCUT2D eigenvalue weighted by Crippen LogP contribution is -2.36. The summed E-state index contributed by atoms with van der Waals surface area (Å²) >= 11 is 0. The van der Waals surface area contributed by atoms with E-state index in [1.165, 1.54) is 23.1 Å². The number of aliphatic hydroxyl groups excluding tert-OH is 1. The van der Waals surface area contributed by atoms with Crippen LogP contribution in [0.5, 0.6) is 11.5 Å². The van der Waals surface area contributed by atoms with E-state index < -0.39 is 12.0 Å². The van der Waals surface area contributed by atoms with E-state index in [4.69, 9.17) is 0 Å². The minimum Gasteiger partial charge on any atom is -0.508 e. The topological polar surface area (TPSA) is 81.0 Å². The lowest BCUT2D eigenvalue weighted by molar-refractivity contribution is 0.0967. The fraction of sp³-hybridized carbons (Fsp3) is 0.188. The van der Waals surface area contributed by atoms with E-state index >= 15 is 0 Å². The zero-order valence-electron chi connectivity index (χ0n) is 11.2. The second-order valence-electron chi connectivity index (χ2n) is 5.02. The number of nitrogens with zero attached hydrogens (tertiary/aromatic N) is 1. The first kappa shape index (κ1) is 13.5. The highest BCUT2D eigenvalue weighted by Gasteiger charge is 2.29. The van der Waals surface area contributed by atoms with Gasteiger partial charge >= 0.3 is 0 Å². The predicted octanol–water partition coefficient (Wildman–Crippen LogP) is 2.18. The summed E-state index contributed by atoms with van der Waals surface area (Å²) in [4.78, 5) is 14.1. The second kappa shape index (κ2) is 5.10. The summed E-state index contributed by atoms with van der Waals surface area (Å²) in [6, 6.07) is 11.0. The van der Waals surface area contributed by atoms with Gasteiger partial charge in [0.05, 0.1) is 11.7 Å². The fourth-order valence-corrected chi connectivity index (χ4v) is 2.59. The third-order valence-corrected chi connectivity index (χ3v) is 3.67. The lowest BCUT2D eigenvalue weighted by Gasteiger charge is -2.32. The Kier molecular flexibility index (Phi) is 3.27. The van der Waals surface area contributed by atoms with Gasteiger partial charge in [-0.15, -0.1) is 0 Å². The molecular weight excluding hydrogens is 270 g/mol. The van der Waals surface area contributed by atoms with Crippen LogP contribution in [-0.4, -0.2) is 27.8 Å². The Bertz CT molecular complexity index is 698. The molecule has 3 N–H and O–H groups in total. The zero-order valence-corrected chi connectivity index (χ0v) is 11.2. The number of hydrogen-bond acceptors (Lipinski definition) is 4. The number of carbonyl (C=O) groups excluding carboxylic acids is 1. The number of carbonyl (C=O) groups is 1. The number of phenols is 2. The molecule has 5 nitrogen and oxygen atoms in total. The third-order valence-electron chi connectivity index (χ3n) is 3.67. The maximum Gasteiger partial charge on any atom is 0.262 e. The molecule has 0 bridgehead atoms. The SMILES string of the molecule is O=C(c1cc(O)ccc1O)N1CCC(O)c2ccccc21. The molecule has 0 spiro atoms. The third kappa shape index (κ3) is 2.32. The molecule has 1 atom stereocenters. The van der Waals surface area contributed by atoms with E-state index in [9.17, 15) is 20.1 Å². The Morgan fingerprint density at radius 1 is 1.14 bits per heavy atom. The van der Waals surface area contributed by atoms with E-state index in [1.54, 1.807) is 18.2 Å². The molecule has 0 saturated heterocycles. The summed E-state index contributed by atoms with van der Waals surface area (Å²) in [5.41, 5.74) is 1.36. The molecule has 0 aliphatic carbocycles. The monoisotopic (exact) mass is 285 g/mol. The number of aliphatic hydroxyl groups is 1. The normalized spacial score (nSPS) is 17.4. The van der Waals surface area contributed by atoms with Gasteiger partial charge in [-0.1, -0.05) is 18.2 Å². The second-order valence-corrected chi connectivity index (χ2v) is 5.02. The summed E-state index contributed by atoms with van der Waals surface area (Å²) in [5.74, 6) is -0.661. The molecular formula is C16H15NO4. The van der Waals surface area contributed by atoms with Crippen LogP contribution in [0.2, 0.25) is 0 Å². The standard InChI is InChI=1S/C16H15NO4/c18-10-5-6-14(19)12(9-10)16(21)17-8-7-15(20)11-3-1-2-4-13(11)17/h1-6,9,15,18-20H,7-8H2. The van der Waals surface area contributed by atoms with Crippen LogP contribution >= 0.6 is 0 Å². The molecule has 0 fully saturated rings. The van der Waals surface area contributed by atoms with Gasteiger partial charge in [0.1, 0.15) is 11.5 Å². The summed E-state index contributed by atoms with van der Waals surface area (Å²) in [6.07, 6.45) is -0.162. The van der Waals surface area contributed by atoms with E-state index in [2.05, 4.69) is 0 Å². The summed E-state index contributed by atoms with van der Waals surface area (Å²) < 4.78 is 0. The first-order valence-electron chi connectivity index (χ1n) is 6.69. The van der Waals surface area contributed by atoms with Crippen LogP contribution in [0.15, 0.2) is 42.5 Å². The molecule has 3 rings (SSSR count). The van der Waals surface area contributed by atoms with Crippen molar-refractivity contribution in [2.45, 2.75) is 12.5 Å². The van der Waals surface area contributed by atoms with Crippen molar-refractivity contribution in [1.29, 1.82) is 0 Å². The predicted molar refractivity (Wildman–Crippen MR) is 77.5 cm³/mol. The smallest absolute Gasteiger partial charge is 0.262 e. The number of fused-ring (bicyclic) bond motifs is 1. The first-order valence-corrected chi connectivity index (χ1v) is 6.69. The molecule has 21 heavy (non-hydrogen) atoms. The molecule has 5 heteroatoms. The number of amides is 1. The zero-order chi connectivity index (χ0) is 15.0. The van der Waals surface area contributed by atoms with Gasteiger partial charge in [0.25, 0.3) is 5.91 Å². The quantitative estimate of drug-likeness (QED) is 0.701. The Morgan fingerprint density at radius 3 is 2.71 bits per heavy atom. The van der Waals surface area contributed by atoms with E-state index in [0.717, 1.165) is 0 Å². The highest BCUT2D eigenvalue weighted by molar-refractivity contribution is 6.08. The van der Waals surface area contributed by atoms with Crippen molar-refractivity contribution in [1.82, 2.24) is 0 Å². The minimum absolute atomic E-state index is 0.0428. The molecule has 1 aliphatic heterocycles. The Hall–Kier alpha value is -2.53. The Morgan fingerprint density at radius 2 is 1.90 bits per heavy atom. The van der Waals surface area contributed by atoms with Crippen LogP contribution in [0.3, 0.4) is 0 Å². The van der Waals surface area contributed by atoms with Gasteiger partial charge in [-0.2, -0.15) is 0 Å². The number of anilines is 1. The molecule has 2 aromatic carbocycles. The maximum absolute atomic E-state index is 12.6. The largest absolute Gasteiger partial charge is 0.508 e. The first-order chi connectivity index (χ1) is 10.1. The average Bonchev–Trinajstić information content (AvgIpc) is 2.50.